The van der Waals surface area contributed by atoms with E-state index in [1.807, 2.05) is 12.1 Å². The number of amides is 1. The summed E-state index contributed by atoms with van der Waals surface area (Å²) in [6.45, 7) is 4.28. The molecule has 0 saturated heterocycles. The Morgan fingerprint density at radius 2 is 1.68 bits per heavy atom. The van der Waals surface area contributed by atoms with Gasteiger partial charge in [-0.15, -0.1) is 0 Å². The summed E-state index contributed by atoms with van der Waals surface area (Å²) < 4.78 is 43.2. The molecular formula is C27H29F3N4O3. The Morgan fingerprint density at radius 3 is 2.24 bits per heavy atom. The van der Waals surface area contributed by atoms with Crippen LogP contribution in [-0.4, -0.2) is 35.0 Å². The summed E-state index contributed by atoms with van der Waals surface area (Å²) >= 11 is 0. The number of anilines is 1. The molecule has 1 aromatic heterocycles. The van der Waals surface area contributed by atoms with Gasteiger partial charge in [-0.1, -0.05) is 37.6 Å². The van der Waals surface area contributed by atoms with Crippen LogP contribution >= 0.6 is 0 Å². The highest BCUT2D eigenvalue weighted by molar-refractivity contribution is 5.94. The molecule has 1 atom stereocenters. The molecule has 0 saturated carbocycles. The molecule has 0 spiro atoms. The summed E-state index contributed by atoms with van der Waals surface area (Å²) in [5.74, 6) is -0.113. The van der Waals surface area contributed by atoms with Crippen LogP contribution in [0.4, 0.5) is 19.0 Å². The Labute approximate surface area is 213 Å². The smallest absolute Gasteiger partial charge is 0.416 e. The summed E-state index contributed by atoms with van der Waals surface area (Å²) in [7, 11) is 0. The molecule has 0 aliphatic rings. The lowest BCUT2D eigenvalue weighted by molar-refractivity contribution is -0.143. The molecular weight excluding hydrogens is 485 g/mol. The van der Waals surface area contributed by atoms with Crippen molar-refractivity contribution in [2.24, 2.45) is 0 Å². The second-order valence-electron chi connectivity index (χ2n) is 8.28. The molecule has 0 bridgehead atoms. The molecule has 0 aliphatic carbocycles. The van der Waals surface area contributed by atoms with Gasteiger partial charge in [0.05, 0.1) is 42.7 Å². The zero-order valence-corrected chi connectivity index (χ0v) is 20.6. The summed E-state index contributed by atoms with van der Waals surface area (Å²) in [5.41, 5.74) is 1.71. The molecule has 37 heavy (non-hydrogen) atoms. The predicted octanol–water partition coefficient (Wildman–Crippen LogP) is 5.80. The van der Waals surface area contributed by atoms with Gasteiger partial charge in [0.15, 0.2) is 0 Å². The van der Waals surface area contributed by atoms with Crippen LogP contribution < -0.4 is 10.6 Å². The Bertz CT molecular complexity index is 1170. The van der Waals surface area contributed by atoms with Gasteiger partial charge in [0, 0.05) is 17.7 Å². The maximum Gasteiger partial charge on any atom is 0.416 e. The van der Waals surface area contributed by atoms with E-state index >= 15 is 0 Å². The number of esters is 1. The maximum absolute atomic E-state index is 12.8. The Kier molecular flexibility index (Phi) is 9.59. The zero-order valence-electron chi connectivity index (χ0n) is 20.6. The highest BCUT2D eigenvalue weighted by Crippen LogP contribution is 2.31. The van der Waals surface area contributed by atoms with E-state index in [9.17, 15) is 22.8 Å². The third-order valence-electron chi connectivity index (χ3n) is 5.55. The highest BCUT2D eigenvalue weighted by atomic mass is 19.4. The Hall–Kier alpha value is -3.95. The first kappa shape index (κ1) is 27.6. The van der Waals surface area contributed by atoms with Gasteiger partial charge >= 0.3 is 12.1 Å². The molecule has 2 aromatic carbocycles. The average molecular weight is 515 g/mol. The highest BCUT2D eigenvalue weighted by Gasteiger charge is 2.30. The lowest BCUT2D eigenvalue weighted by Gasteiger charge is -2.19. The minimum atomic E-state index is -4.39. The van der Waals surface area contributed by atoms with E-state index in [1.165, 1.54) is 18.3 Å². The standard InChI is InChI=1S/C27H29F3N4O3/c1-3-5-22(18-6-8-20(9-7-18)26(36)31-15-14-25(35)37-4-2)34-24-17-32-23(16-33-24)19-10-12-21(13-11-19)27(28,29)30/h6-13,16-17,22H,3-5,14-15H2,1-2H3,(H,31,36)(H,33,34). The Balaban J connectivity index is 1.62. The van der Waals surface area contributed by atoms with E-state index in [2.05, 4.69) is 27.5 Å². The number of benzene rings is 2. The van der Waals surface area contributed by atoms with E-state index in [1.54, 1.807) is 25.3 Å². The zero-order chi connectivity index (χ0) is 26.8. The molecule has 1 amide bonds. The van der Waals surface area contributed by atoms with Gasteiger partial charge in [0.25, 0.3) is 5.91 Å². The molecule has 1 heterocycles. The van der Waals surface area contributed by atoms with Crippen LogP contribution in [0.5, 0.6) is 0 Å². The number of nitrogens with zero attached hydrogens (tertiary/aromatic N) is 2. The summed E-state index contributed by atoms with van der Waals surface area (Å²) in [5, 5.41) is 6.04. The van der Waals surface area contributed by atoms with Crippen LogP contribution in [0.1, 0.15) is 60.6 Å². The second kappa shape index (κ2) is 12.8. The van der Waals surface area contributed by atoms with Gasteiger partial charge in [0.1, 0.15) is 5.82 Å². The lowest BCUT2D eigenvalue weighted by Crippen LogP contribution is -2.26. The normalized spacial score (nSPS) is 12.0. The van der Waals surface area contributed by atoms with E-state index in [0.29, 0.717) is 29.2 Å². The monoisotopic (exact) mass is 514 g/mol. The minimum absolute atomic E-state index is 0.0860. The number of hydrogen-bond donors (Lipinski definition) is 2. The fourth-order valence-electron chi connectivity index (χ4n) is 3.65. The van der Waals surface area contributed by atoms with Crippen molar-refractivity contribution in [1.82, 2.24) is 15.3 Å². The number of carbonyl (C=O) groups excluding carboxylic acids is 2. The summed E-state index contributed by atoms with van der Waals surface area (Å²) in [4.78, 5) is 32.5. The van der Waals surface area contributed by atoms with Crippen molar-refractivity contribution in [2.75, 3.05) is 18.5 Å². The molecule has 3 rings (SSSR count). The summed E-state index contributed by atoms with van der Waals surface area (Å²) in [6, 6.07) is 11.8. The van der Waals surface area contributed by atoms with Crippen LogP contribution in [0, 0.1) is 0 Å². The molecule has 3 aromatic rings. The van der Waals surface area contributed by atoms with Gasteiger partial charge in [0.2, 0.25) is 0 Å². The van der Waals surface area contributed by atoms with E-state index in [4.69, 9.17) is 4.74 Å². The molecule has 10 heteroatoms. The second-order valence-corrected chi connectivity index (χ2v) is 8.28. The van der Waals surface area contributed by atoms with Crippen LogP contribution in [0.15, 0.2) is 60.9 Å². The third-order valence-corrected chi connectivity index (χ3v) is 5.55. The first-order chi connectivity index (χ1) is 17.7. The van der Waals surface area contributed by atoms with Crippen molar-refractivity contribution in [3.63, 3.8) is 0 Å². The molecule has 2 N–H and O–H groups in total. The van der Waals surface area contributed by atoms with E-state index < -0.39 is 11.7 Å². The number of rotatable bonds is 11. The number of ether oxygens (including phenoxy) is 1. The lowest BCUT2D eigenvalue weighted by atomic mass is 10.0. The molecule has 196 valence electrons. The van der Waals surface area contributed by atoms with Crippen molar-refractivity contribution in [1.29, 1.82) is 0 Å². The van der Waals surface area contributed by atoms with Crippen molar-refractivity contribution >= 4 is 17.7 Å². The van der Waals surface area contributed by atoms with Crippen LogP contribution in [0.2, 0.25) is 0 Å². The molecule has 1 unspecified atom stereocenters. The van der Waals surface area contributed by atoms with Crippen molar-refractivity contribution in [3.05, 3.63) is 77.6 Å². The molecule has 0 radical (unpaired) electrons. The van der Waals surface area contributed by atoms with Crippen LogP contribution in [0.25, 0.3) is 11.3 Å². The van der Waals surface area contributed by atoms with Gasteiger partial charge in [-0.3, -0.25) is 14.6 Å². The third kappa shape index (κ3) is 8.03. The van der Waals surface area contributed by atoms with Gasteiger partial charge in [-0.25, -0.2) is 4.98 Å². The number of aromatic nitrogens is 2. The Morgan fingerprint density at radius 1 is 0.973 bits per heavy atom. The minimum Gasteiger partial charge on any atom is -0.466 e. The number of alkyl halides is 3. The van der Waals surface area contributed by atoms with E-state index in [-0.39, 0.29) is 30.9 Å². The molecule has 0 fully saturated rings. The fraction of sp³-hybridized carbons (Fsp3) is 0.333. The van der Waals surface area contributed by atoms with Crippen molar-refractivity contribution in [2.45, 2.75) is 45.3 Å². The van der Waals surface area contributed by atoms with Crippen LogP contribution in [0.3, 0.4) is 0 Å². The number of halogens is 3. The number of carbonyl (C=O) groups is 2. The van der Waals surface area contributed by atoms with Crippen molar-refractivity contribution in [3.8, 4) is 11.3 Å². The number of hydrogen-bond acceptors (Lipinski definition) is 6. The van der Waals surface area contributed by atoms with Gasteiger partial charge in [-0.05, 0) is 43.2 Å². The fourth-order valence-corrected chi connectivity index (χ4v) is 3.65. The largest absolute Gasteiger partial charge is 0.466 e. The number of nitrogens with one attached hydrogen (secondary N) is 2. The molecule has 0 aliphatic heterocycles. The molecule has 7 nitrogen and oxygen atoms in total. The van der Waals surface area contributed by atoms with Gasteiger partial charge < -0.3 is 15.4 Å². The average Bonchev–Trinajstić information content (AvgIpc) is 2.89. The first-order valence-electron chi connectivity index (χ1n) is 12.0. The van der Waals surface area contributed by atoms with E-state index in [0.717, 1.165) is 30.5 Å². The van der Waals surface area contributed by atoms with Crippen molar-refractivity contribution < 1.29 is 27.5 Å². The SMILES string of the molecule is CCCC(Nc1cnc(-c2ccc(C(F)(F)F)cc2)cn1)c1ccc(C(=O)NCCC(=O)OCC)cc1. The topological polar surface area (TPSA) is 93.2 Å². The predicted molar refractivity (Wildman–Crippen MR) is 134 cm³/mol. The quantitative estimate of drug-likeness (QED) is 0.314. The first-order valence-corrected chi connectivity index (χ1v) is 12.0. The maximum atomic E-state index is 12.8. The van der Waals surface area contributed by atoms with Crippen LogP contribution in [-0.2, 0) is 15.7 Å². The van der Waals surface area contributed by atoms with Gasteiger partial charge in [-0.2, -0.15) is 13.2 Å². The summed E-state index contributed by atoms with van der Waals surface area (Å²) in [6.07, 6.45) is 0.466.